The van der Waals surface area contributed by atoms with E-state index in [9.17, 15) is 13.2 Å². The summed E-state index contributed by atoms with van der Waals surface area (Å²) in [6, 6.07) is 4.96. The van der Waals surface area contributed by atoms with Crippen LogP contribution in [0.2, 0.25) is 0 Å². The maximum atomic E-state index is 13.0. The second kappa shape index (κ2) is 9.15. The van der Waals surface area contributed by atoms with Gasteiger partial charge < -0.3 is 19.3 Å². The van der Waals surface area contributed by atoms with Crippen LogP contribution < -0.4 is 9.64 Å². The SMILES string of the molecule is C/C=C(\C)C(=O)N1CCN(c2cc(S(=O)(=O)N3CCOCC3)ccc2OC)CC1. The highest BCUT2D eigenvalue weighted by molar-refractivity contribution is 7.89. The molecule has 0 bridgehead atoms. The van der Waals surface area contributed by atoms with Crippen LogP contribution in [0.4, 0.5) is 5.69 Å². The molecular formula is C20H29N3O5S. The molecule has 160 valence electrons. The number of hydrogen-bond acceptors (Lipinski definition) is 6. The zero-order valence-electron chi connectivity index (χ0n) is 17.3. The van der Waals surface area contributed by atoms with Gasteiger partial charge in [0.1, 0.15) is 5.75 Å². The Balaban J connectivity index is 1.81. The first-order chi connectivity index (χ1) is 13.9. The third-order valence-corrected chi connectivity index (χ3v) is 7.33. The topological polar surface area (TPSA) is 79.4 Å². The number of rotatable bonds is 5. The first-order valence-electron chi connectivity index (χ1n) is 9.81. The van der Waals surface area contributed by atoms with Gasteiger partial charge in [-0.3, -0.25) is 4.79 Å². The van der Waals surface area contributed by atoms with E-state index in [0.29, 0.717) is 58.2 Å². The van der Waals surface area contributed by atoms with Crippen molar-refractivity contribution in [1.82, 2.24) is 9.21 Å². The summed E-state index contributed by atoms with van der Waals surface area (Å²) in [6.07, 6.45) is 1.82. The lowest BCUT2D eigenvalue weighted by atomic mass is 10.2. The number of hydrogen-bond donors (Lipinski definition) is 0. The number of methoxy groups -OCH3 is 1. The molecule has 2 aliphatic rings. The minimum atomic E-state index is -3.59. The van der Waals surface area contributed by atoms with Crippen LogP contribution in [0.15, 0.2) is 34.7 Å². The average Bonchev–Trinajstić information content (AvgIpc) is 2.78. The maximum Gasteiger partial charge on any atom is 0.249 e. The smallest absolute Gasteiger partial charge is 0.249 e. The molecule has 1 aromatic rings. The van der Waals surface area contributed by atoms with Crippen molar-refractivity contribution >= 4 is 21.6 Å². The normalized spacial score (nSPS) is 19.3. The van der Waals surface area contributed by atoms with Crippen molar-refractivity contribution in [3.63, 3.8) is 0 Å². The summed E-state index contributed by atoms with van der Waals surface area (Å²) in [5.41, 5.74) is 1.46. The number of morpholine rings is 1. The standard InChI is InChI=1S/C20H29N3O5S/c1-4-16(2)20(24)22-9-7-21(8-10-22)18-15-17(5-6-19(18)27-3)29(25,26)23-11-13-28-14-12-23/h4-6,15H,7-14H2,1-3H3/b16-4+. The second-order valence-electron chi connectivity index (χ2n) is 7.10. The monoisotopic (exact) mass is 423 g/mol. The number of sulfonamides is 1. The molecule has 2 aliphatic heterocycles. The Hall–Kier alpha value is -2.10. The molecule has 2 fully saturated rings. The number of allylic oxidation sites excluding steroid dienone is 1. The van der Waals surface area contributed by atoms with Crippen LogP contribution in [0.25, 0.3) is 0 Å². The van der Waals surface area contributed by atoms with Crippen LogP contribution >= 0.6 is 0 Å². The first kappa shape index (κ1) is 21.6. The minimum Gasteiger partial charge on any atom is -0.495 e. The quantitative estimate of drug-likeness (QED) is 0.665. The lowest BCUT2D eigenvalue weighted by molar-refractivity contribution is -0.127. The summed E-state index contributed by atoms with van der Waals surface area (Å²) in [5.74, 6) is 0.665. The molecule has 0 saturated carbocycles. The minimum absolute atomic E-state index is 0.0442. The number of nitrogens with zero attached hydrogens (tertiary/aromatic N) is 3. The lowest BCUT2D eigenvalue weighted by Gasteiger charge is -2.37. The summed E-state index contributed by atoms with van der Waals surface area (Å²) >= 11 is 0. The molecule has 0 aliphatic carbocycles. The summed E-state index contributed by atoms with van der Waals surface area (Å²) < 4.78 is 38.3. The van der Waals surface area contributed by atoms with Gasteiger partial charge in [-0.2, -0.15) is 4.31 Å². The molecule has 1 amide bonds. The fourth-order valence-electron chi connectivity index (χ4n) is 3.54. The highest BCUT2D eigenvalue weighted by atomic mass is 32.2. The molecular weight excluding hydrogens is 394 g/mol. The molecule has 2 saturated heterocycles. The molecule has 2 heterocycles. The third kappa shape index (κ3) is 4.57. The number of carbonyl (C=O) groups is 1. The molecule has 8 nitrogen and oxygen atoms in total. The average molecular weight is 424 g/mol. The summed E-state index contributed by atoms with van der Waals surface area (Å²) in [7, 11) is -2.01. The van der Waals surface area contributed by atoms with Crippen LogP contribution in [-0.4, -0.2) is 83.1 Å². The fourth-order valence-corrected chi connectivity index (χ4v) is 4.97. The Morgan fingerprint density at radius 3 is 2.34 bits per heavy atom. The van der Waals surface area contributed by atoms with Gasteiger partial charge in [-0.05, 0) is 32.0 Å². The van der Waals surface area contributed by atoms with E-state index in [4.69, 9.17) is 9.47 Å². The molecule has 3 rings (SSSR count). The Morgan fingerprint density at radius 2 is 1.76 bits per heavy atom. The van der Waals surface area contributed by atoms with Crippen molar-refractivity contribution in [1.29, 1.82) is 0 Å². The second-order valence-corrected chi connectivity index (χ2v) is 9.04. The molecule has 9 heteroatoms. The summed E-state index contributed by atoms with van der Waals surface area (Å²) in [5, 5.41) is 0. The van der Waals surface area contributed by atoms with Gasteiger partial charge >= 0.3 is 0 Å². The summed E-state index contributed by atoms with van der Waals surface area (Å²) in [6.45, 7) is 7.57. The van der Waals surface area contributed by atoms with E-state index in [1.165, 1.54) is 4.31 Å². The van der Waals surface area contributed by atoms with Crippen LogP contribution in [0, 0.1) is 0 Å². The van der Waals surface area contributed by atoms with Gasteiger partial charge in [0.2, 0.25) is 15.9 Å². The third-order valence-electron chi connectivity index (χ3n) is 5.44. The van der Waals surface area contributed by atoms with Crippen molar-refractivity contribution in [3.05, 3.63) is 29.8 Å². The molecule has 0 radical (unpaired) electrons. The van der Waals surface area contributed by atoms with E-state index in [2.05, 4.69) is 4.90 Å². The van der Waals surface area contributed by atoms with Crippen LogP contribution in [0.3, 0.4) is 0 Å². The number of benzene rings is 1. The molecule has 0 atom stereocenters. The van der Waals surface area contributed by atoms with E-state index in [1.807, 2.05) is 24.8 Å². The molecule has 0 unspecified atom stereocenters. The zero-order valence-corrected chi connectivity index (χ0v) is 18.1. The van der Waals surface area contributed by atoms with Crippen molar-refractivity contribution in [2.24, 2.45) is 0 Å². The number of piperazine rings is 1. The van der Waals surface area contributed by atoms with Gasteiger partial charge in [0, 0.05) is 44.8 Å². The Bertz CT molecular complexity index is 870. The first-order valence-corrected chi connectivity index (χ1v) is 11.3. The highest BCUT2D eigenvalue weighted by Crippen LogP contribution is 2.33. The molecule has 1 aromatic carbocycles. The number of carbonyl (C=O) groups excluding carboxylic acids is 1. The number of amides is 1. The van der Waals surface area contributed by atoms with Crippen molar-refractivity contribution in [3.8, 4) is 5.75 Å². The van der Waals surface area contributed by atoms with Crippen LogP contribution in [0.5, 0.6) is 5.75 Å². The van der Waals surface area contributed by atoms with Crippen LogP contribution in [0.1, 0.15) is 13.8 Å². The van der Waals surface area contributed by atoms with Gasteiger partial charge in [0.05, 0.1) is 30.9 Å². The molecule has 0 spiro atoms. The summed E-state index contributed by atoms with van der Waals surface area (Å²) in [4.78, 5) is 16.5. The highest BCUT2D eigenvalue weighted by Gasteiger charge is 2.29. The Labute approximate surface area is 172 Å². The fraction of sp³-hybridized carbons (Fsp3) is 0.550. The molecule has 0 aromatic heterocycles. The van der Waals surface area contributed by atoms with Crippen molar-refractivity contribution < 1.29 is 22.7 Å². The largest absolute Gasteiger partial charge is 0.495 e. The molecule has 0 N–H and O–H groups in total. The van der Waals surface area contributed by atoms with Gasteiger partial charge in [0.15, 0.2) is 0 Å². The van der Waals surface area contributed by atoms with Gasteiger partial charge in [-0.25, -0.2) is 8.42 Å². The van der Waals surface area contributed by atoms with Crippen LogP contribution in [-0.2, 0) is 19.6 Å². The van der Waals surface area contributed by atoms with E-state index < -0.39 is 10.0 Å². The van der Waals surface area contributed by atoms with E-state index >= 15 is 0 Å². The van der Waals surface area contributed by atoms with E-state index in [-0.39, 0.29) is 10.8 Å². The Kier molecular flexibility index (Phi) is 6.81. The zero-order chi connectivity index (χ0) is 21.0. The Morgan fingerprint density at radius 1 is 1.10 bits per heavy atom. The van der Waals surface area contributed by atoms with Gasteiger partial charge in [-0.1, -0.05) is 6.08 Å². The maximum absolute atomic E-state index is 13.0. The van der Waals surface area contributed by atoms with E-state index in [1.54, 1.807) is 25.3 Å². The predicted octanol–water partition coefficient (Wildman–Crippen LogP) is 1.33. The lowest BCUT2D eigenvalue weighted by Crippen LogP contribution is -2.49. The van der Waals surface area contributed by atoms with Crippen molar-refractivity contribution in [2.45, 2.75) is 18.7 Å². The molecule has 29 heavy (non-hydrogen) atoms. The number of anilines is 1. The van der Waals surface area contributed by atoms with Gasteiger partial charge in [-0.15, -0.1) is 0 Å². The number of ether oxygens (including phenoxy) is 2. The predicted molar refractivity (Wildman–Crippen MR) is 111 cm³/mol. The van der Waals surface area contributed by atoms with Gasteiger partial charge in [0.25, 0.3) is 0 Å². The van der Waals surface area contributed by atoms with E-state index in [0.717, 1.165) is 11.3 Å². The van der Waals surface area contributed by atoms with Crippen molar-refractivity contribution in [2.75, 3.05) is 64.5 Å².